The van der Waals surface area contributed by atoms with E-state index in [-0.39, 0.29) is 17.8 Å². The minimum absolute atomic E-state index is 0.0273. The van der Waals surface area contributed by atoms with E-state index in [4.69, 9.17) is 16.3 Å². The Balaban J connectivity index is 2.01. The molecule has 0 N–H and O–H groups in total. The topological polar surface area (TPSA) is 75.9 Å². The van der Waals surface area contributed by atoms with E-state index in [9.17, 15) is 14.9 Å². The highest BCUT2D eigenvalue weighted by molar-refractivity contribution is 6.31. The van der Waals surface area contributed by atoms with Gasteiger partial charge in [0.2, 0.25) is 0 Å². The molecule has 1 aromatic carbocycles. The molecule has 1 aliphatic heterocycles. The largest absolute Gasteiger partial charge is 0.444 e. The molecule has 138 valence electrons. The first-order valence-corrected chi connectivity index (χ1v) is 8.59. The van der Waals surface area contributed by atoms with Crippen molar-refractivity contribution in [2.75, 3.05) is 19.6 Å². The standard InChI is InChI=1S/C17H24ClN3O4/c1-12-10-20(16(22)25-17(2,3)4)8-7-19(12)11-13-9-14(21(23)24)5-6-15(13)18/h5-6,9,12H,7-8,10-11H2,1-4H3/t12-/m1/s1. The van der Waals surface area contributed by atoms with Gasteiger partial charge in [-0.1, -0.05) is 11.6 Å². The summed E-state index contributed by atoms with van der Waals surface area (Å²) in [5, 5.41) is 11.5. The number of nitrogens with zero attached hydrogens (tertiary/aromatic N) is 3. The monoisotopic (exact) mass is 369 g/mol. The molecule has 0 aliphatic carbocycles. The molecule has 0 unspecified atom stereocenters. The molecule has 0 spiro atoms. The molecule has 1 aliphatic rings. The molecule has 0 bridgehead atoms. The van der Waals surface area contributed by atoms with Crippen LogP contribution in [0.25, 0.3) is 0 Å². The average molecular weight is 370 g/mol. The van der Waals surface area contributed by atoms with Crippen molar-refractivity contribution in [2.24, 2.45) is 0 Å². The Hall–Kier alpha value is -1.86. The Morgan fingerprint density at radius 3 is 2.64 bits per heavy atom. The summed E-state index contributed by atoms with van der Waals surface area (Å²) in [4.78, 5) is 26.6. The predicted octanol–water partition coefficient (Wildman–Crippen LogP) is 3.69. The van der Waals surface area contributed by atoms with Crippen molar-refractivity contribution >= 4 is 23.4 Å². The van der Waals surface area contributed by atoms with Gasteiger partial charge in [0, 0.05) is 49.4 Å². The molecule has 1 amide bonds. The molecule has 1 saturated heterocycles. The Bertz CT molecular complexity index is 660. The van der Waals surface area contributed by atoms with Crippen molar-refractivity contribution in [3.05, 3.63) is 38.9 Å². The van der Waals surface area contributed by atoms with Gasteiger partial charge in [0.1, 0.15) is 5.60 Å². The minimum Gasteiger partial charge on any atom is -0.444 e. The summed E-state index contributed by atoms with van der Waals surface area (Å²) in [5.41, 5.74) is 0.224. The number of nitro groups is 1. The highest BCUT2D eigenvalue weighted by Gasteiger charge is 2.30. The van der Waals surface area contributed by atoms with E-state index >= 15 is 0 Å². The van der Waals surface area contributed by atoms with Crippen LogP contribution in [0.4, 0.5) is 10.5 Å². The number of hydrogen-bond acceptors (Lipinski definition) is 5. The van der Waals surface area contributed by atoms with E-state index in [1.807, 2.05) is 27.7 Å². The zero-order valence-electron chi connectivity index (χ0n) is 15.0. The number of ether oxygens (including phenoxy) is 1. The van der Waals surface area contributed by atoms with Crippen LogP contribution in [0, 0.1) is 10.1 Å². The third kappa shape index (κ3) is 5.31. The molecule has 7 nitrogen and oxygen atoms in total. The first kappa shape index (κ1) is 19.5. The number of carbonyl (C=O) groups excluding carboxylic acids is 1. The van der Waals surface area contributed by atoms with Crippen LogP contribution in [0.2, 0.25) is 5.02 Å². The van der Waals surface area contributed by atoms with Gasteiger partial charge in [-0.25, -0.2) is 4.79 Å². The molecule has 0 radical (unpaired) electrons. The summed E-state index contributed by atoms with van der Waals surface area (Å²) in [6.45, 7) is 9.79. The van der Waals surface area contributed by atoms with Crippen LogP contribution in [-0.2, 0) is 11.3 Å². The summed E-state index contributed by atoms with van der Waals surface area (Å²) in [5.74, 6) is 0. The Labute approximate surface area is 152 Å². The van der Waals surface area contributed by atoms with Gasteiger partial charge in [-0.15, -0.1) is 0 Å². The lowest BCUT2D eigenvalue weighted by molar-refractivity contribution is -0.384. The molecule has 1 fully saturated rings. The van der Waals surface area contributed by atoms with Gasteiger partial charge in [0.15, 0.2) is 0 Å². The lowest BCUT2D eigenvalue weighted by Gasteiger charge is -2.40. The van der Waals surface area contributed by atoms with Crippen molar-refractivity contribution in [1.82, 2.24) is 9.80 Å². The van der Waals surface area contributed by atoms with Crippen LogP contribution >= 0.6 is 11.6 Å². The fourth-order valence-electron chi connectivity index (χ4n) is 2.74. The number of amides is 1. The summed E-state index contributed by atoms with van der Waals surface area (Å²) < 4.78 is 5.41. The van der Waals surface area contributed by atoms with E-state index in [2.05, 4.69) is 4.90 Å². The van der Waals surface area contributed by atoms with Gasteiger partial charge < -0.3 is 9.64 Å². The third-order valence-corrected chi connectivity index (χ3v) is 4.40. The van der Waals surface area contributed by atoms with Gasteiger partial charge in [0.05, 0.1) is 4.92 Å². The number of non-ortho nitro benzene ring substituents is 1. The van der Waals surface area contributed by atoms with Crippen LogP contribution in [0.3, 0.4) is 0 Å². The number of rotatable bonds is 3. The maximum atomic E-state index is 12.2. The van der Waals surface area contributed by atoms with Gasteiger partial charge in [0.25, 0.3) is 5.69 Å². The molecular weight excluding hydrogens is 346 g/mol. The zero-order chi connectivity index (χ0) is 18.8. The number of halogens is 1. The Morgan fingerprint density at radius 2 is 2.08 bits per heavy atom. The molecule has 25 heavy (non-hydrogen) atoms. The second kappa shape index (κ2) is 7.58. The molecule has 0 aromatic heterocycles. The molecule has 0 saturated carbocycles. The highest BCUT2D eigenvalue weighted by atomic mass is 35.5. The Kier molecular flexibility index (Phi) is 5.90. The van der Waals surface area contributed by atoms with Crippen LogP contribution in [-0.4, -0.2) is 52.1 Å². The molecule has 1 atom stereocenters. The minimum atomic E-state index is -0.520. The summed E-state index contributed by atoms with van der Waals surface area (Å²) in [6.07, 6.45) is -0.313. The second-order valence-electron chi connectivity index (χ2n) is 7.28. The van der Waals surface area contributed by atoms with E-state index in [0.717, 1.165) is 0 Å². The van der Waals surface area contributed by atoms with Crippen LogP contribution in [0.5, 0.6) is 0 Å². The van der Waals surface area contributed by atoms with Gasteiger partial charge in [-0.05, 0) is 39.3 Å². The normalized spacial score (nSPS) is 18.9. The van der Waals surface area contributed by atoms with Crippen LogP contribution < -0.4 is 0 Å². The summed E-state index contributed by atoms with van der Waals surface area (Å²) in [6, 6.07) is 4.55. The molecule has 2 rings (SSSR count). The van der Waals surface area contributed by atoms with E-state index in [0.29, 0.717) is 36.8 Å². The van der Waals surface area contributed by atoms with Crippen LogP contribution in [0.1, 0.15) is 33.3 Å². The lowest BCUT2D eigenvalue weighted by Crippen LogP contribution is -2.54. The van der Waals surface area contributed by atoms with Crippen LogP contribution in [0.15, 0.2) is 18.2 Å². The smallest absolute Gasteiger partial charge is 0.410 e. The highest BCUT2D eigenvalue weighted by Crippen LogP contribution is 2.25. The molecule has 8 heteroatoms. The van der Waals surface area contributed by atoms with Gasteiger partial charge in [-0.2, -0.15) is 0 Å². The van der Waals surface area contributed by atoms with Crippen molar-refractivity contribution in [3.63, 3.8) is 0 Å². The number of nitro benzene ring substituents is 1. The molecular formula is C17H24ClN3O4. The first-order valence-electron chi connectivity index (χ1n) is 8.21. The summed E-state index contributed by atoms with van der Waals surface area (Å²) in [7, 11) is 0. The second-order valence-corrected chi connectivity index (χ2v) is 7.69. The van der Waals surface area contributed by atoms with Crippen molar-refractivity contribution < 1.29 is 14.5 Å². The maximum Gasteiger partial charge on any atom is 0.410 e. The number of hydrogen-bond donors (Lipinski definition) is 0. The first-order chi connectivity index (χ1) is 11.6. The fraction of sp³-hybridized carbons (Fsp3) is 0.588. The number of carbonyl (C=O) groups is 1. The van der Waals surface area contributed by atoms with Gasteiger partial charge in [-0.3, -0.25) is 15.0 Å². The fourth-order valence-corrected chi connectivity index (χ4v) is 2.91. The van der Waals surface area contributed by atoms with Gasteiger partial charge >= 0.3 is 6.09 Å². The molecule has 1 heterocycles. The predicted molar refractivity (Wildman–Crippen MR) is 95.8 cm³/mol. The zero-order valence-corrected chi connectivity index (χ0v) is 15.7. The maximum absolute atomic E-state index is 12.2. The molecule has 1 aromatic rings. The van der Waals surface area contributed by atoms with Crippen molar-refractivity contribution in [1.29, 1.82) is 0 Å². The quantitative estimate of drug-likeness (QED) is 0.600. The van der Waals surface area contributed by atoms with E-state index in [1.54, 1.807) is 11.0 Å². The third-order valence-electron chi connectivity index (χ3n) is 4.03. The average Bonchev–Trinajstić information content (AvgIpc) is 2.49. The number of benzene rings is 1. The lowest BCUT2D eigenvalue weighted by atomic mass is 10.1. The van der Waals surface area contributed by atoms with Crippen molar-refractivity contribution in [3.8, 4) is 0 Å². The van der Waals surface area contributed by atoms with E-state index in [1.165, 1.54) is 12.1 Å². The van der Waals surface area contributed by atoms with Crippen molar-refractivity contribution in [2.45, 2.75) is 45.9 Å². The summed E-state index contributed by atoms with van der Waals surface area (Å²) >= 11 is 6.19. The van der Waals surface area contributed by atoms with E-state index < -0.39 is 10.5 Å². The number of piperazine rings is 1. The SMILES string of the molecule is C[C@@H]1CN(C(=O)OC(C)(C)C)CCN1Cc1cc([N+](=O)[O-])ccc1Cl. The Morgan fingerprint density at radius 1 is 1.40 bits per heavy atom.